The second-order valence-electron chi connectivity index (χ2n) is 5.02. The number of hydrogen-bond donors (Lipinski definition) is 1. The van der Waals surface area contributed by atoms with E-state index in [0.29, 0.717) is 23.3 Å². The van der Waals surface area contributed by atoms with Gasteiger partial charge in [0.2, 0.25) is 0 Å². The summed E-state index contributed by atoms with van der Waals surface area (Å²) in [6, 6.07) is 3.91. The molecule has 0 spiro atoms. The van der Waals surface area contributed by atoms with Crippen molar-refractivity contribution in [1.82, 2.24) is 9.88 Å². The van der Waals surface area contributed by atoms with Gasteiger partial charge in [-0.15, -0.1) is 0 Å². The summed E-state index contributed by atoms with van der Waals surface area (Å²) in [4.78, 5) is 18.3. The number of rotatable bonds is 4. The number of carbonyl (C=O) groups excluding carboxylic acids is 1. The van der Waals surface area contributed by atoms with Crippen molar-refractivity contribution in [2.45, 2.75) is 32.7 Å². The lowest BCUT2D eigenvalue weighted by Gasteiger charge is -2.24. The Hall–Kier alpha value is -1.58. The van der Waals surface area contributed by atoms with E-state index in [1.54, 1.807) is 18.3 Å². The summed E-state index contributed by atoms with van der Waals surface area (Å²) in [6.07, 6.45) is 3.83. The van der Waals surface area contributed by atoms with Gasteiger partial charge in [-0.25, -0.2) is 4.98 Å². The summed E-state index contributed by atoms with van der Waals surface area (Å²) >= 11 is 0. The van der Waals surface area contributed by atoms with Crippen LogP contribution in [0.25, 0.3) is 0 Å². The highest BCUT2D eigenvalue weighted by atomic mass is 16.2. The molecule has 0 aromatic carbocycles. The second kappa shape index (κ2) is 4.73. The maximum atomic E-state index is 12.4. The average Bonchev–Trinajstić information content (AvgIpc) is 3.09. The molecule has 0 radical (unpaired) electrons. The normalized spacial score (nSPS) is 15.0. The molecule has 92 valence electrons. The van der Waals surface area contributed by atoms with E-state index in [1.807, 2.05) is 4.90 Å². The van der Waals surface area contributed by atoms with Crippen molar-refractivity contribution in [3.63, 3.8) is 0 Å². The maximum absolute atomic E-state index is 12.4. The van der Waals surface area contributed by atoms with Crippen molar-refractivity contribution in [2.24, 2.45) is 5.92 Å². The molecule has 1 heterocycles. The monoisotopic (exact) mass is 233 g/mol. The Morgan fingerprint density at radius 1 is 1.59 bits per heavy atom. The van der Waals surface area contributed by atoms with Crippen LogP contribution in [0.15, 0.2) is 18.3 Å². The largest absolute Gasteiger partial charge is 0.383 e. The van der Waals surface area contributed by atoms with E-state index in [9.17, 15) is 4.79 Å². The third-order valence-electron chi connectivity index (χ3n) is 2.88. The molecule has 1 amide bonds. The fraction of sp³-hybridized carbons (Fsp3) is 0.538. The van der Waals surface area contributed by atoms with E-state index in [-0.39, 0.29) is 5.91 Å². The summed E-state index contributed by atoms with van der Waals surface area (Å²) < 4.78 is 0. The fourth-order valence-electron chi connectivity index (χ4n) is 1.93. The molecular formula is C13H19N3O. The zero-order chi connectivity index (χ0) is 12.4. The van der Waals surface area contributed by atoms with E-state index in [1.165, 1.54) is 0 Å². The molecule has 4 nitrogen and oxygen atoms in total. The van der Waals surface area contributed by atoms with Gasteiger partial charge in [0, 0.05) is 18.8 Å². The van der Waals surface area contributed by atoms with Crippen LogP contribution in [0.3, 0.4) is 0 Å². The number of nitrogens with zero attached hydrogens (tertiary/aromatic N) is 2. The molecule has 1 aliphatic carbocycles. The van der Waals surface area contributed by atoms with Crippen LogP contribution in [-0.2, 0) is 0 Å². The van der Waals surface area contributed by atoms with Gasteiger partial charge in [0.15, 0.2) is 0 Å². The predicted molar refractivity (Wildman–Crippen MR) is 67.5 cm³/mol. The van der Waals surface area contributed by atoms with Crippen LogP contribution in [-0.4, -0.2) is 28.4 Å². The molecule has 4 heteroatoms. The van der Waals surface area contributed by atoms with E-state index < -0.39 is 0 Å². The Kier molecular flexibility index (Phi) is 3.31. The summed E-state index contributed by atoms with van der Waals surface area (Å²) in [5.74, 6) is 0.816. The minimum absolute atomic E-state index is 0.0202. The molecule has 1 aliphatic rings. The van der Waals surface area contributed by atoms with E-state index in [4.69, 9.17) is 5.73 Å². The average molecular weight is 233 g/mol. The van der Waals surface area contributed by atoms with Crippen molar-refractivity contribution < 1.29 is 4.79 Å². The van der Waals surface area contributed by atoms with Crippen molar-refractivity contribution in [3.05, 3.63) is 23.9 Å². The van der Waals surface area contributed by atoms with Crippen LogP contribution in [0.5, 0.6) is 0 Å². The van der Waals surface area contributed by atoms with Crippen LogP contribution in [0.1, 0.15) is 37.0 Å². The first-order valence-electron chi connectivity index (χ1n) is 6.11. The lowest BCUT2D eigenvalue weighted by atomic mass is 10.1. The Balaban J connectivity index is 2.19. The molecule has 2 N–H and O–H groups in total. The van der Waals surface area contributed by atoms with Crippen molar-refractivity contribution in [3.8, 4) is 0 Å². The number of hydrogen-bond acceptors (Lipinski definition) is 3. The highest BCUT2D eigenvalue weighted by Gasteiger charge is 2.33. The zero-order valence-electron chi connectivity index (χ0n) is 10.4. The van der Waals surface area contributed by atoms with Crippen molar-refractivity contribution >= 4 is 11.7 Å². The van der Waals surface area contributed by atoms with Gasteiger partial charge in [-0.2, -0.15) is 0 Å². The molecule has 0 atom stereocenters. The van der Waals surface area contributed by atoms with Gasteiger partial charge in [0.1, 0.15) is 5.82 Å². The molecule has 1 aromatic heterocycles. The molecule has 1 aromatic rings. The molecule has 2 rings (SSSR count). The first kappa shape index (κ1) is 11.9. The van der Waals surface area contributed by atoms with Crippen LogP contribution < -0.4 is 5.73 Å². The van der Waals surface area contributed by atoms with Crippen LogP contribution >= 0.6 is 0 Å². The molecule has 0 saturated heterocycles. The number of amides is 1. The van der Waals surface area contributed by atoms with Gasteiger partial charge >= 0.3 is 0 Å². The highest BCUT2D eigenvalue weighted by Crippen LogP contribution is 2.29. The van der Waals surface area contributed by atoms with Crippen molar-refractivity contribution in [2.75, 3.05) is 12.3 Å². The standard InChI is InChI=1S/C13H19N3O/c1-9(2)8-16(10-5-6-10)13(17)11-4-3-7-15-12(11)14/h3-4,7,9-10H,5-6,8H2,1-2H3,(H2,14,15). The Bertz CT molecular complexity index is 413. The molecule has 0 bridgehead atoms. The lowest BCUT2D eigenvalue weighted by Crippen LogP contribution is -2.36. The number of carbonyl (C=O) groups is 1. The van der Waals surface area contributed by atoms with Gasteiger partial charge in [0.25, 0.3) is 5.91 Å². The first-order valence-corrected chi connectivity index (χ1v) is 6.11. The Labute approximate surface area is 102 Å². The minimum atomic E-state index is 0.0202. The molecule has 0 unspecified atom stereocenters. The third-order valence-corrected chi connectivity index (χ3v) is 2.88. The Morgan fingerprint density at radius 2 is 2.29 bits per heavy atom. The molecule has 0 aliphatic heterocycles. The summed E-state index contributed by atoms with van der Waals surface area (Å²) in [5.41, 5.74) is 6.28. The summed E-state index contributed by atoms with van der Waals surface area (Å²) in [7, 11) is 0. The smallest absolute Gasteiger partial charge is 0.257 e. The molecular weight excluding hydrogens is 214 g/mol. The van der Waals surface area contributed by atoms with Gasteiger partial charge in [-0.1, -0.05) is 13.8 Å². The molecule has 1 fully saturated rings. The predicted octanol–water partition coefficient (Wildman–Crippen LogP) is 1.92. The van der Waals surface area contributed by atoms with Crippen LogP contribution in [0.4, 0.5) is 5.82 Å². The number of aromatic nitrogens is 1. The summed E-state index contributed by atoms with van der Waals surface area (Å²) in [6.45, 7) is 5.03. The van der Waals surface area contributed by atoms with E-state index >= 15 is 0 Å². The van der Waals surface area contributed by atoms with Gasteiger partial charge in [-0.3, -0.25) is 4.79 Å². The van der Waals surface area contributed by atoms with Crippen molar-refractivity contribution in [1.29, 1.82) is 0 Å². The topological polar surface area (TPSA) is 59.2 Å². The first-order chi connectivity index (χ1) is 8.09. The maximum Gasteiger partial charge on any atom is 0.257 e. The third kappa shape index (κ3) is 2.75. The van der Waals surface area contributed by atoms with E-state index in [0.717, 1.165) is 19.4 Å². The van der Waals surface area contributed by atoms with Crippen LogP contribution in [0, 0.1) is 5.92 Å². The van der Waals surface area contributed by atoms with Gasteiger partial charge in [0.05, 0.1) is 5.56 Å². The fourth-order valence-corrected chi connectivity index (χ4v) is 1.93. The number of anilines is 1. The van der Waals surface area contributed by atoms with Crippen LogP contribution in [0.2, 0.25) is 0 Å². The van der Waals surface area contributed by atoms with Gasteiger partial charge in [-0.05, 0) is 30.9 Å². The zero-order valence-corrected chi connectivity index (χ0v) is 10.4. The number of nitrogen functional groups attached to an aromatic ring is 1. The summed E-state index contributed by atoms with van der Waals surface area (Å²) in [5, 5.41) is 0. The van der Waals surface area contributed by atoms with E-state index in [2.05, 4.69) is 18.8 Å². The van der Waals surface area contributed by atoms with Gasteiger partial charge < -0.3 is 10.6 Å². The molecule has 17 heavy (non-hydrogen) atoms. The number of nitrogens with two attached hydrogens (primary N) is 1. The number of pyridine rings is 1. The SMILES string of the molecule is CC(C)CN(C(=O)c1cccnc1N)C1CC1. The quantitative estimate of drug-likeness (QED) is 0.864. The second-order valence-corrected chi connectivity index (χ2v) is 5.02. The minimum Gasteiger partial charge on any atom is -0.383 e. The highest BCUT2D eigenvalue weighted by molar-refractivity contribution is 5.98. The molecule has 1 saturated carbocycles. The Morgan fingerprint density at radius 3 is 2.82 bits per heavy atom. The lowest BCUT2D eigenvalue weighted by molar-refractivity contribution is 0.0723.